The second-order valence-corrected chi connectivity index (χ2v) is 2.18. The molecule has 1 unspecified atom stereocenters. The topological polar surface area (TPSA) is 26.0 Å². The van der Waals surface area contributed by atoms with Gasteiger partial charge in [0.05, 0.1) is 0 Å². The van der Waals surface area contributed by atoms with Gasteiger partial charge in [-0.25, -0.2) is 4.39 Å². The number of rotatable bonds is 2. The Balaban J connectivity index is 3.91. The molecule has 0 bridgehead atoms. The molecular weight excluding hydrogens is 105 g/mol. The van der Waals surface area contributed by atoms with Crippen LogP contribution in [-0.4, -0.2) is 12.2 Å². The lowest BCUT2D eigenvalue weighted by molar-refractivity contribution is 0.250. The molecule has 0 saturated heterocycles. The third-order valence-corrected chi connectivity index (χ3v) is 1.27. The first kappa shape index (κ1) is 7.63. The van der Waals surface area contributed by atoms with E-state index >= 15 is 0 Å². The zero-order valence-corrected chi connectivity index (χ0v) is 5.37. The van der Waals surface area contributed by atoms with Crippen molar-refractivity contribution in [1.82, 2.24) is 0 Å². The number of halogens is 1. The molecular formula is C6H12FN. The summed E-state index contributed by atoms with van der Waals surface area (Å²) in [5.41, 5.74) is 4.18. The summed E-state index contributed by atoms with van der Waals surface area (Å²) in [5, 5.41) is 0. The summed E-state index contributed by atoms with van der Waals surface area (Å²) in [6, 6.07) is 0. The zero-order valence-electron chi connectivity index (χ0n) is 5.37. The fourth-order valence-corrected chi connectivity index (χ4v) is 0.174. The van der Waals surface area contributed by atoms with Crippen LogP contribution in [0.5, 0.6) is 0 Å². The molecule has 0 spiro atoms. The van der Waals surface area contributed by atoms with Crippen molar-refractivity contribution in [3.05, 3.63) is 12.2 Å². The van der Waals surface area contributed by atoms with Gasteiger partial charge in [0.15, 0.2) is 0 Å². The Labute approximate surface area is 49.4 Å². The Morgan fingerprint density at radius 3 is 2.25 bits per heavy atom. The van der Waals surface area contributed by atoms with Crippen LogP contribution in [0.3, 0.4) is 0 Å². The highest BCUT2D eigenvalue weighted by molar-refractivity contribution is 5.07. The largest absolute Gasteiger partial charge is 0.327 e. The molecule has 2 heteroatoms. The van der Waals surface area contributed by atoms with Crippen molar-refractivity contribution >= 4 is 0 Å². The molecule has 0 aromatic heterocycles. The highest BCUT2D eigenvalue weighted by Crippen LogP contribution is 2.16. The summed E-state index contributed by atoms with van der Waals surface area (Å²) >= 11 is 0. The average molecular weight is 117 g/mol. The first-order chi connectivity index (χ1) is 3.50. The lowest BCUT2D eigenvalue weighted by atomic mass is 10.0. The van der Waals surface area contributed by atoms with Crippen LogP contribution in [0.2, 0.25) is 0 Å². The van der Waals surface area contributed by atoms with Crippen molar-refractivity contribution in [3.8, 4) is 0 Å². The Morgan fingerprint density at radius 2 is 2.25 bits per heavy atom. The van der Waals surface area contributed by atoms with Crippen molar-refractivity contribution in [3.63, 3.8) is 0 Å². The van der Waals surface area contributed by atoms with Crippen molar-refractivity contribution in [2.45, 2.75) is 19.5 Å². The van der Waals surface area contributed by atoms with Gasteiger partial charge in [0.1, 0.15) is 5.67 Å². The van der Waals surface area contributed by atoms with E-state index in [0.29, 0.717) is 5.57 Å². The zero-order chi connectivity index (χ0) is 6.78. The summed E-state index contributed by atoms with van der Waals surface area (Å²) in [5.74, 6) is 0. The van der Waals surface area contributed by atoms with Crippen molar-refractivity contribution in [1.29, 1.82) is 0 Å². The molecule has 0 radical (unpaired) electrons. The van der Waals surface area contributed by atoms with Gasteiger partial charge in [0, 0.05) is 6.54 Å². The molecule has 0 amide bonds. The molecule has 0 aliphatic carbocycles. The molecule has 0 aliphatic heterocycles. The minimum Gasteiger partial charge on any atom is -0.327 e. The standard InChI is InChI=1S/C6H12FN/c1-5(2)6(3,7)4-8/h1,4,8H2,2-3H3. The monoisotopic (exact) mass is 117 g/mol. The summed E-state index contributed by atoms with van der Waals surface area (Å²) in [4.78, 5) is 0. The van der Waals surface area contributed by atoms with E-state index in [4.69, 9.17) is 5.73 Å². The predicted octanol–water partition coefficient (Wildman–Crippen LogP) is 1.25. The van der Waals surface area contributed by atoms with E-state index in [2.05, 4.69) is 6.58 Å². The Morgan fingerprint density at radius 1 is 1.88 bits per heavy atom. The Hall–Kier alpha value is -0.370. The second kappa shape index (κ2) is 2.27. The van der Waals surface area contributed by atoms with Gasteiger partial charge in [-0.05, 0) is 19.4 Å². The maximum atomic E-state index is 12.7. The van der Waals surface area contributed by atoms with E-state index in [0.717, 1.165) is 0 Å². The fraction of sp³-hybridized carbons (Fsp3) is 0.667. The van der Waals surface area contributed by atoms with Crippen LogP contribution < -0.4 is 5.73 Å². The first-order valence-electron chi connectivity index (χ1n) is 2.55. The van der Waals surface area contributed by atoms with Crippen molar-refractivity contribution in [2.24, 2.45) is 5.73 Å². The number of hydrogen-bond acceptors (Lipinski definition) is 1. The minimum atomic E-state index is -1.38. The number of alkyl halides is 1. The molecule has 1 nitrogen and oxygen atoms in total. The molecule has 0 aromatic carbocycles. The highest BCUT2D eigenvalue weighted by atomic mass is 19.1. The molecule has 0 heterocycles. The van der Waals surface area contributed by atoms with E-state index in [9.17, 15) is 4.39 Å². The predicted molar refractivity (Wildman–Crippen MR) is 33.4 cm³/mol. The number of hydrogen-bond donors (Lipinski definition) is 1. The van der Waals surface area contributed by atoms with E-state index < -0.39 is 5.67 Å². The Bertz CT molecular complexity index is 96.7. The summed E-state index contributed by atoms with van der Waals surface area (Å²) in [6.07, 6.45) is 0. The lowest BCUT2D eigenvalue weighted by Crippen LogP contribution is -2.29. The average Bonchev–Trinajstić information content (AvgIpc) is 1.67. The van der Waals surface area contributed by atoms with Gasteiger partial charge in [-0.1, -0.05) is 6.58 Å². The highest BCUT2D eigenvalue weighted by Gasteiger charge is 2.20. The maximum absolute atomic E-state index is 12.7. The van der Waals surface area contributed by atoms with Crippen LogP contribution in [0.15, 0.2) is 12.2 Å². The SMILES string of the molecule is C=C(C)C(C)(F)CN. The maximum Gasteiger partial charge on any atom is 0.140 e. The molecule has 2 N–H and O–H groups in total. The van der Waals surface area contributed by atoms with Gasteiger partial charge in [-0.2, -0.15) is 0 Å². The second-order valence-electron chi connectivity index (χ2n) is 2.18. The van der Waals surface area contributed by atoms with Gasteiger partial charge in [-0.3, -0.25) is 0 Å². The summed E-state index contributed by atoms with van der Waals surface area (Å²) in [6.45, 7) is 6.52. The van der Waals surface area contributed by atoms with Gasteiger partial charge in [0.25, 0.3) is 0 Å². The van der Waals surface area contributed by atoms with E-state index in [-0.39, 0.29) is 6.54 Å². The lowest BCUT2D eigenvalue weighted by Gasteiger charge is -2.16. The van der Waals surface area contributed by atoms with Crippen LogP contribution in [0.25, 0.3) is 0 Å². The van der Waals surface area contributed by atoms with Crippen LogP contribution in [0.4, 0.5) is 4.39 Å². The van der Waals surface area contributed by atoms with E-state index in [1.54, 1.807) is 6.92 Å². The number of nitrogens with two attached hydrogens (primary N) is 1. The van der Waals surface area contributed by atoms with Crippen molar-refractivity contribution in [2.75, 3.05) is 6.54 Å². The van der Waals surface area contributed by atoms with Crippen LogP contribution in [0.1, 0.15) is 13.8 Å². The van der Waals surface area contributed by atoms with Gasteiger partial charge in [-0.15, -0.1) is 0 Å². The Kier molecular flexibility index (Phi) is 2.16. The summed E-state index contributed by atoms with van der Waals surface area (Å²) in [7, 11) is 0. The molecule has 0 saturated carbocycles. The molecule has 0 rings (SSSR count). The third kappa shape index (κ3) is 1.62. The quantitative estimate of drug-likeness (QED) is 0.541. The molecule has 0 aromatic rings. The molecule has 48 valence electrons. The molecule has 0 aliphatic rings. The van der Waals surface area contributed by atoms with Gasteiger partial charge in [0.2, 0.25) is 0 Å². The van der Waals surface area contributed by atoms with Crippen LogP contribution >= 0.6 is 0 Å². The molecule has 8 heavy (non-hydrogen) atoms. The molecule has 0 fully saturated rings. The smallest absolute Gasteiger partial charge is 0.140 e. The normalized spacial score (nSPS) is 17.5. The molecule has 1 atom stereocenters. The minimum absolute atomic E-state index is 0.0162. The van der Waals surface area contributed by atoms with Crippen molar-refractivity contribution < 1.29 is 4.39 Å². The summed E-state index contributed by atoms with van der Waals surface area (Å²) < 4.78 is 12.7. The van der Waals surface area contributed by atoms with Crippen LogP contribution in [-0.2, 0) is 0 Å². The van der Waals surface area contributed by atoms with E-state index in [1.165, 1.54) is 6.92 Å². The van der Waals surface area contributed by atoms with Crippen LogP contribution in [0, 0.1) is 0 Å². The van der Waals surface area contributed by atoms with Gasteiger partial charge < -0.3 is 5.73 Å². The fourth-order valence-electron chi connectivity index (χ4n) is 0.174. The van der Waals surface area contributed by atoms with Gasteiger partial charge >= 0.3 is 0 Å². The first-order valence-corrected chi connectivity index (χ1v) is 2.55. The van der Waals surface area contributed by atoms with E-state index in [1.807, 2.05) is 0 Å². The third-order valence-electron chi connectivity index (χ3n) is 1.27.